The summed E-state index contributed by atoms with van der Waals surface area (Å²) in [5, 5.41) is 20.8. The van der Waals surface area contributed by atoms with Gasteiger partial charge in [-0.15, -0.1) is 5.10 Å². The first-order valence-corrected chi connectivity index (χ1v) is 6.29. The summed E-state index contributed by atoms with van der Waals surface area (Å²) >= 11 is 0. The van der Waals surface area contributed by atoms with Crippen LogP contribution in [0.25, 0.3) is 11.6 Å². The van der Waals surface area contributed by atoms with E-state index >= 15 is 0 Å². The number of rotatable bonds is 3. The summed E-state index contributed by atoms with van der Waals surface area (Å²) < 4.78 is 5.09. The number of aromatic amines is 1. The van der Waals surface area contributed by atoms with Crippen LogP contribution in [0.1, 0.15) is 6.92 Å². The first-order chi connectivity index (χ1) is 9.63. The number of furan rings is 1. The van der Waals surface area contributed by atoms with Gasteiger partial charge in [0, 0.05) is 25.7 Å². The normalized spacial score (nSPS) is 19.2. The van der Waals surface area contributed by atoms with E-state index in [0.717, 1.165) is 19.6 Å². The van der Waals surface area contributed by atoms with Crippen molar-refractivity contribution >= 4 is 11.8 Å². The molecule has 0 aliphatic carbocycles. The van der Waals surface area contributed by atoms with E-state index in [1.165, 1.54) is 12.1 Å². The minimum absolute atomic E-state index is 0.304. The monoisotopic (exact) mass is 278 g/mol. The Morgan fingerprint density at radius 2 is 2.40 bits per heavy atom. The van der Waals surface area contributed by atoms with Crippen molar-refractivity contribution in [2.75, 3.05) is 24.5 Å². The molecule has 20 heavy (non-hydrogen) atoms. The van der Waals surface area contributed by atoms with E-state index in [-0.39, 0.29) is 5.88 Å². The standard InChI is InChI=1S/C11H14N6O3/c1-7-6-16(5-4-12-7)11-13-10(14-15-11)8-2-3-9(20-8)17(18)19/h2-3,7,12H,4-6H2,1H3,(H,13,14,15)/t7-/m0/s1. The predicted octanol–water partition coefficient (Wildman–Crippen LogP) is 0.771. The fraction of sp³-hybridized carbons (Fsp3) is 0.455. The molecule has 2 N–H and O–H groups in total. The van der Waals surface area contributed by atoms with Gasteiger partial charge in [-0.25, -0.2) is 0 Å². The van der Waals surface area contributed by atoms with Crippen LogP contribution in [0.2, 0.25) is 0 Å². The van der Waals surface area contributed by atoms with Gasteiger partial charge < -0.3 is 14.6 Å². The lowest BCUT2D eigenvalue weighted by Gasteiger charge is -2.30. The molecule has 0 saturated carbocycles. The Kier molecular flexibility index (Phi) is 3.11. The van der Waals surface area contributed by atoms with E-state index in [1.807, 2.05) is 0 Å². The summed E-state index contributed by atoms with van der Waals surface area (Å²) in [5.41, 5.74) is 0. The van der Waals surface area contributed by atoms with E-state index in [1.54, 1.807) is 0 Å². The summed E-state index contributed by atoms with van der Waals surface area (Å²) in [6.45, 7) is 4.60. The molecular weight excluding hydrogens is 264 g/mol. The average molecular weight is 278 g/mol. The van der Waals surface area contributed by atoms with Crippen molar-refractivity contribution in [3.63, 3.8) is 0 Å². The maximum atomic E-state index is 10.6. The van der Waals surface area contributed by atoms with Crippen LogP contribution < -0.4 is 10.2 Å². The Morgan fingerprint density at radius 3 is 3.10 bits per heavy atom. The molecule has 0 radical (unpaired) electrons. The SMILES string of the molecule is C[C@H]1CN(c2n[nH]c(-c3ccc([N+](=O)[O-])o3)n2)CCN1. The maximum Gasteiger partial charge on any atom is 0.433 e. The number of hydrogen-bond donors (Lipinski definition) is 2. The number of nitro groups is 1. The Morgan fingerprint density at radius 1 is 1.55 bits per heavy atom. The summed E-state index contributed by atoms with van der Waals surface area (Å²) in [6.07, 6.45) is 0. The lowest BCUT2D eigenvalue weighted by atomic mass is 10.2. The zero-order valence-corrected chi connectivity index (χ0v) is 10.9. The predicted molar refractivity (Wildman–Crippen MR) is 70.4 cm³/mol. The van der Waals surface area contributed by atoms with E-state index in [9.17, 15) is 10.1 Å². The molecule has 1 aliphatic rings. The van der Waals surface area contributed by atoms with Gasteiger partial charge in [-0.2, -0.15) is 4.98 Å². The van der Waals surface area contributed by atoms with E-state index in [0.29, 0.717) is 23.6 Å². The summed E-state index contributed by atoms with van der Waals surface area (Å²) in [6, 6.07) is 3.17. The largest absolute Gasteiger partial charge is 0.433 e. The third-order valence-corrected chi connectivity index (χ3v) is 3.13. The highest BCUT2D eigenvalue weighted by Crippen LogP contribution is 2.24. The third kappa shape index (κ3) is 2.35. The third-order valence-electron chi connectivity index (χ3n) is 3.13. The van der Waals surface area contributed by atoms with Crippen LogP contribution in [0.3, 0.4) is 0 Å². The van der Waals surface area contributed by atoms with Crippen molar-refractivity contribution < 1.29 is 9.34 Å². The zero-order chi connectivity index (χ0) is 14.1. The summed E-state index contributed by atoms with van der Waals surface area (Å²) in [4.78, 5) is 16.4. The van der Waals surface area contributed by atoms with E-state index in [4.69, 9.17) is 4.42 Å². The molecule has 0 aromatic carbocycles. The van der Waals surface area contributed by atoms with Gasteiger partial charge >= 0.3 is 5.88 Å². The molecular formula is C11H14N6O3. The molecule has 1 atom stereocenters. The molecule has 1 fully saturated rings. The van der Waals surface area contributed by atoms with Crippen molar-refractivity contribution in [2.45, 2.75) is 13.0 Å². The minimum atomic E-state index is -0.585. The smallest absolute Gasteiger partial charge is 0.397 e. The van der Waals surface area contributed by atoms with Crippen LogP contribution in [0.5, 0.6) is 0 Å². The molecule has 106 valence electrons. The van der Waals surface area contributed by atoms with E-state index in [2.05, 4.69) is 32.3 Å². The Hall–Kier alpha value is -2.42. The van der Waals surface area contributed by atoms with Crippen LogP contribution in [-0.4, -0.2) is 45.8 Å². The lowest BCUT2D eigenvalue weighted by Crippen LogP contribution is -2.49. The van der Waals surface area contributed by atoms with Gasteiger partial charge in [0.25, 0.3) is 0 Å². The van der Waals surface area contributed by atoms with Gasteiger partial charge in [-0.05, 0) is 13.0 Å². The number of piperazine rings is 1. The van der Waals surface area contributed by atoms with Gasteiger partial charge in [-0.1, -0.05) is 0 Å². The molecule has 0 amide bonds. The maximum absolute atomic E-state index is 10.6. The fourth-order valence-electron chi connectivity index (χ4n) is 2.17. The van der Waals surface area contributed by atoms with Crippen LogP contribution >= 0.6 is 0 Å². The molecule has 0 unspecified atom stereocenters. The van der Waals surface area contributed by atoms with Crippen LogP contribution in [0, 0.1) is 10.1 Å². The number of H-pyrrole nitrogens is 1. The molecule has 9 heteroatoms. The Bertz CT molecular complexity index is 621. The quantitative estimate of drug-likeness (QED) is 0.629. The molecule has 1 aliphatic heterocycles. The molecule has 0 spiro atoms. The molecule has 2 aromatic rings. The number of aromatic nitrogens is 3. The Balaban J connectivity index is 1.80. The molecule has 2 aromatic heterocycles. The van der Waals surface area contributed by atoms with Crippen LogP contribution in [0.15, 0.2) is 16.5 Å². The average Bonchev–Trinajstić information content (AvgIpc) is 3.08. The number of hydrogen-bond acceptors (Lipinski definition) is 7. The zero-order valence-electron chi connectivity index (χ0n) is 10.9. The highest BCUT2D eigenvalue weighted by molar-refractivity contribution is 5.51. The van der Waals surface area contributed by atoms with Crippen LogP contribution in [0.4, 0.5) is 11.8 Å². The minimum Gasteiger partial charge on any atom is -0.397 e. The molecule has 3 heterocycles. The van der Waals surface area contributed by atoms with Gasteiger partial charge in [0.2, 0.25) is 5.95 Å². The first kappa shape index (κ1) is 12.6. The second kappa shape index (κ2) is 4.93. The van der Waals surface area contributed by atoms with Crippen molar-refractivity contribution in [1.82, 2.24) is 20.5 Å². The molecule has 3 rings (SSSR count). The Labute approximate surface area is 114 Å². The second-order valence-corrected chi connectivity index (χ2v) is 4.68. The second-order valence-electron chi connectivity index (χ2n) is 4.68. The molecule has 9 nitrogen and oxygen atoms in total. The van der Waals surface area contributed by atoms with E-state index < -0.39 is 4.92 Å². The first-order valence-electron chi connectivity index (χ1n) is 6.29. The lowest BCUT2D eigenvalue weighted by molar-refractivity contribution is -0.401. The van der Waals surface area contributed by atoms with Gasteiger partial charge in [-0.3, -0.25) is 15.2 Å². The molecule has 0 bridgehead atoms. The fourth-order valence-corrected chi connectivity index (χ4v) is 2.17. The van der Waals surface area contributed by atoms with Crippen LogP contribution in [-0.2, 0) is 0 Å². The van der Waals surface area contributed by atoms with Gasteiger partial charge in [0.15, 0.2) is 11.6 Å². The van der Waals surface area contributed by atoms with Crippen molar-refractivity contribution in [1.29, 1.82) is 0 Å². The highest BCUT2D eigenvalue weighted by atomic mass is 16.6. The topological polar surface area (TPSA) is 113 Å². The summed E-state index contributed by atoms with van der Waals surface area (Å²) in [7, 11) is 0. The van der Waals surface area contributed by atoms with Gasteiger partial charge in [0.05, 0.1) is 6.07 Å². The van der Waals surface area contributed by atoms with Crippen molar-refractivity contribution in [2.24, 2.45) is 0 Å². The molecule has 1 saturated heterocycles. The number of nitrogens with one attached hydrogen (secondary N) is 2. The number of anilines is 1. The highest BCUT2D eigenvalue weighted by Gasteiger charge is 2.21. The van der Waals surface area contributed by atoms with Crippen molar-refractivity contribution in [3.8, 4) is 11.6 Å². The summed E-state index contributed by atoms with van der Waals surface area (Å²) in [5.74, 6) is 0.957. The van der Waals surface area contributed by atoms with Gasteiger partial charge in [0.1, 0.15) is 4.92 Å². The van der Waals surface area contributed by atoms with Crippen molar-refractivity contribution in [3.05, 3.63) is 22.2 Å². The number of nitrogens with zero attached hydrogens (tertiary/aromatic N) is 4.